The molecule has 1 amide bonds. The molecule has 128 valence electrons. The first-order chi connectivity index (χ1) is 10.9. The number of nitrogens with one attached hydrogen (secondary N) is 2. The number of amides is 1. The maximum Gasteiger partial charge on any atom is 0.408 e. The molecule has 0 aliphatic carbocycles. The Labute approximate surface area is 139 Å². The summed E-state index contributed by atoms with van der Waals surface area (Å²) in [6.45, 7) is 8.09. The Balaban J connectivity index is 2.18. The van der Waals surface area contributed by atoms with E-state index in [0.29, 0.717) is 12.5 Å². The molecule has 1 aliphatic heterocycles. The van der Waals surface area contributed by atoms with Crippen molar-refractivity contribution in [2.75, 3.05) is 13.1 Å². The topological polar surface area (TPSA) is 76.4 Å². The molecule has 1 aromatic carbocycles. The lowest BCUT2D eigenvalue weighted by Crippen LogP contribution is -2.41. The molecule has 1 aliphatic rings. The van der Waals surface area contributed by atoms with E-state index in [9.17, 15) is 4.79 Å². The van der Waals surface area contributed by atoms with E-state index >= 15 is 0 Å². The number of benzene rings is 1. The van der Waals surface area contributed by atoms with Crippen LogP contribution < -0.4 is 16.4 Å². The molecule has 0 spiro atoms. The molecule has 0 saturated carbocycles. The monoisotopic (exact) mass is 319 g/mol. The summed E-state index contributed by atoms with van der Waals surface area (Å²) in [7, 11) is 0. The van der Waals surface area contributed by atoms with Gasteiger partial charge in [-0.3, -0.25) is 0 Å². The standard InChI is InChI=1S/C18H29N3O2/c1-18(2,3)23-17(22)21-16(14-7-9-20-10-8-14)15-6-4-5-13(11-15)12-19/h4-6,11,14,16,20H,7-10,12,19H2,1-3H3,(H,21,22). The van der Waals surface area contributed by atoms with Gasteiger partial charge >= 0.3 is 6.09 Å². The third-order valence-corrected chi connectivity index (χ3v) is 4.07. The molecule has 0 bridgehead atoms. The van der Waals surface area contributed by atoms with E-state index in [1.54, 1.807) is 0 Å². The van der Waals surface area contributed by atoms with E-state index in [4.69, 9.17) is 10.5 Å². The lowest BCUT2D eigenvalue weighted by molar-refractivity contribution is 0.0477. The Morgan fingerprint density at radius 2 is 2.09 bits per heavy atom. The van der Waals surface area contributed by atoms with Crippen LogP contribution in [0.15, 0.2) is 24.3 Å². The van der Waals surface area contributed by atoms with Gasteiger partial charge in [0.15, 0.2) is 0 Å². The highest BCUT2D eigenvalue weighted by molar-refractivity contribution is 5.68. The zero-order chi connectivity index (χ0) is 16.9. The average Bonchev–Trinajstić information content (AvgIpc) is 2.52. The van der Waals surface area contributed by atoms with Crippen LogP contribution in [-0.2, 0) is 11.3 Å². The van der Waals surface area contributed by atoms with Gasteiger partial charge < -0.3 is 21.1 Å². The SMILES string of the molecule is CC(C)(C)OC(=O)NC(c1cccc(CN)c1)C1CCNCC1. The van der Waals surface area contributed by atoms with Crippen molar-refractivity contribution in [3.05, 3.63) is 35.4 Å². The minimum Gasteiger partial charge on any atom is -0.444 e. The Hall–Kier alpha value is -1.59. The van der Waals surface area contributed by atoms with Crippen molar-refractivity contribution >= 4 is 6.09 Å². The van der Waals surface area contributed by atoms with Gasteiger partial charge in [-0.15, -0.1) is 0 Å². The molecule has 5 nitrogen and oxygen atoms in total. The summed E-state index contributed by atoms with van der Waals surface area (Å²) in [6.07, 6.45) is 1.71. The molecule has 1 saturated heterocycles. The number of nitrogens with two attached hydrogens (primary N) is 1. The number of piperidine rings is 1. The predicted octanol–water partition coefficient (Wildman–Crippen LogP) is 2.71. The Bertz CT molecular complexity index is 519. The van der Waals surface area contributed by atoms with Gasteiger partial charge in [0.25, 0.3) is 0 Å². The van der Waals surface area contributed by atoms with Crippen LogP contribution in [0, 0.1) is 5.92 Å². The summed E-state index contributed by atoms with van der Waals surface area (Å²) >= 11 is 0. The van der Waals surface area contributed by atoms with Crippen molar-refractivity contribution in [2.45, 2.75) is 51.8 Å². The highest BCUT2D eigenvalue weighted by Crippen LogP contribution is 2.29. The number of hydrogen-bond acceptors (Lipinski definition) is 4. The van der Waals surface area contributed by atoms with Crippen molar-refractivity contribution < 1.29 is 9.53 Å². The van der Waals surface area contributed by atoms with Gasteiger partial charge in [-0.1, -0.05) is 24.3 Å². The molecule has 5 heteroatoms. The van der Waals surface area contributed by atoms with Gasteiger partial charge in [0.1, 0.15) is 5.60 Å². The molecule has 4 N–H and O–H groups in total. The lowest BCUT2D eigenvalue weighted by atomic mass is 9.85. The third-order valence-electron chi connectivity index (χ3n) is 4.07. The van der Waals surface area contributed by atoms with E-state index in [1.165, 1.54) is 0 Å². The molecule has 0 radical (unpaired) electrons. The van der Waals surface area contributed by atoms with Gasteiger partial charge in [-0.25, -0.2) is 4.79 Å². The van der Waals surface area contributed by atoms with Crippen LogP contribution in [0.5, 0.6) is 0 Å². The molecule has 1 unspecified atom stereocenters. The zero-order valence-electron chi connectivity index (χ0n) is 14.4. The first-order valence-electron chi connectivity index (χ1n) is 8.38. The van der Waals surface area contributed by atoms with Crippen LogP contribution in [-0.4, -0.2) is 24.8 Å². The third kappa shape index (κ3) is 5.52. The van der Waals surface area contributed by atoms with E-state index in [0.717, 1.165) is 37.1 Å². The first-order valence-corrected chi connectivity index (χ1v) is 8.38. The number of carbonyl (C=O) groups excluding carboxylic acids is 1. The molecule has 1 atom stereocenters. The second-order valence-corrected chi connectivity index (χ2v) is 7.16. The summed E-state index contributed by atoms with van der Waals surface area (Å²) in [5, 5.41) is 6.45. The number of alkyl carbamates (subject to hydrolysis) is 1. The molecular formula is C18H29N3O2. The molecule has 0 aromatic heterocycles. The average molecular weight is 319 g/mol. The summed E-state index contributed by atoms with van der Waals surface area (Å²) in [4.78, 5) is 12.3. The smallest absolute Gasteiger partial charge is 0.408 e. The summed E-state index contributed by atoms with van der Waals surface area (Å²) < 4.78 is 5.45. The minimum absolute atomic E-state index is 0.0431. The van der Waals surface area contributed by atoms with Gasteiger partial charge in [-0.2, -0.15) is 0 Å². The van der Waals surface area contributed by atoms with Crippen molar-refractivity contribution in [1.29, 1.82) is 0 Å². The highest BCUT2D eigenvalue weighted by atomic mass is 16.6. The quantitative estimate of drug-likeness (QED) is 0.797. The highest BCUT2D eigenvalue weighted by Gasteiger charge is 2.28. The van der Waals surface area contributed by atoms with Crippen molar-refractivity contribution in [3.8, 4) is 0 Å². The fourth-order valence-electron chi connectivity index (χ4n) is 3.00. The van der Waals surface area contributed by atoms with Crippen LogP contribution in [0.1, 0.15) is 50.8 Å². The van der Waals surface area contributed by atoms with Crippen molar-refractivity contribution in [1.82, 2.24) is 10.6 Å². The molecule has 1 fully saturated rings. The largest absolute Gasteiger partial charge is 0.444 e. The molecule has 2 rings (SSSR count). The maximum atomic E-state index is 12.3. The fraction of sp³-hybridized carbons (Fsp3) is 0.611. The maximum absolute atomic E-state index is 12.3. The van der Waals surface area contributed by atoms with E-state index in [2.05, 4.69) is 22.8 Å². The summed E-state index contributed by atoms with van der Waals surface area (Å²) in [5.41, 5.74) is 7.44. The van der Waals surface area contributed by atoms with E-state index in [1.807, 2.05) is 32.9 Å². The van der Waals surface area contributed by atoms with Crippen molar-refractivity contribution in [2.24, 2.45) is 11.7 Å². The van der Waals surface area contributed by atoms with Gasteiger partial charge in [0, 0.05) is 6.54 Å². The second-order valence-electron chi connectivity index (χ2n) is 7.16. The number of carbonyl (C=O) groups is 1. The Morgan fingerprint density at radius 1 is 1.39 bits per heavy atom. The second kappa shape index (κ2) is 7.79. The normalized spacial score (nSPS) is 17.6. The molecular weight excluding hydrogens is 290 g/mol. The van der Waals surface area contributed by atoms with Gasteiger partial charge in [0.05, 0.1) is 6.04 Å². The van der Waals surface area contributed by atoms with Crippen LogP contribution >= 0.6 is 0 Å². The first kappa shape index (κ1) is 17.8. The molecule has 1 heterocycles. The number of ether oxygens (including phenoxy) is 1. The van der Waals surface area contributed by atoms with Gasteiger partial charge in [-0.05, 0) is 63.7 Å². The van der Waals surface area contributed by atoms with E-state index in [-0.39, 0.29) is 12.1 Å². The number of hydrogen-bond donors (Lipinski definition) is 3. The van der Waals surface area contributed by atoms with Crippen LogP contribution in [0.25, 0.3) is 0 Å². The summed E-state index contributed by atoms with van der Waals surface area (Å²) in [5.74, 6) is 0.400. The summed E-state index contributed by atoms with van der Waals surface area (Å²) in [6, 6.07) is 8.12. The molecule has 1 aromatic rings. The Kier molecular flexibility index (Phi) is 6.02. The van der Waals surface area contributed by atoms with Crippen molar-refractivity contribution in [3.63, 3.8) is 0 Å². The van der Waals surface area contributed by atoms with Gasteiger partial charge in [0.2, 0.25) is 0 Å². The Morgan fingerprint density at radius 3 is 2.70 bits per heavy atom. The number of rotatable bonds is 4. The zero-order valence-corrected chi connectivity index (χ0v) is 14.4. The minimum atomic E-state index is -0.498. The fourth-order valence-corrected chi connectivity index (χ4v) is 3.00. The van der Waals surface area contributed by atoms with Crippen LogP contribution in [0.4, 0.5) is 4.79 Å². The molecule has 23 heavy (non-hydrogen) atoms. The van der Waals surface area contributed by atoms with E-state index < -0.39 is 5.60 Å². The van der Waals surface area contributed by atoms with Crippen LogP contribution in [0.3, 0.4) is 0 Å². The lowest BCUT2D eigenvalue weighted by Gasteiger charge is -2.32. The van der Waals surface area contributed by atoms with Crippen LogP contribution in [0.2, 0.25) is 0 Å². The predicted molar refractivity (Wildman–Crippen MR) is 92.0 cm³/mol.